The van der Waals surface area contributed by atoms with Crippen LogP contribution >= 0.6 is 11.3 Å². The Morgan fingerprint density at radius 1 is 1.33 bits per heavy atom. The van der Waals surface area contributed by atoms with Gasteiger partial charge in [0.2, 0.25) is 10.0 Å². The second-order valence-electron chi connectivity index (χ2n) is 5.61. The van der Waals surface area contributed by atoms with Gasteiger partial charge in [-0.2, -0.15) is 4.72 Å². The highest BCUT2D eigenvalue weighted by Crippen LogP contribution is 2.29. The zero-order valence-electron chi connectivity index (χ0n) is 12.3. The van der Waals surface area contributed by atoms with Crippen LogP contribution in [-0.2, 0) is 14.8 Å². The summed E-state index contributed by atoms with van der Waals surface area (Å²) in [6.45, 7) is 3.58. The highest BCUT2D eigenvalue weighted by Gasteiger charge is 2.34. The monoisotopic (exact) mass is 331 g/mol. The number of nitrogens with one attached hydrogen (secondary N) is 1. The summed E-state index contributed by atoms with van der Waals surface area (Å²) < 4.78 is 27.3. The Morgan fingerprint density at radius 2 is 1.95 bits per heavy atom. The predicted octanol–water partition coefficient (Wildman–Crippen LogP) is 2.68. The summed E-state index contributed by atoms with van der Waals surface area (Å²) in [5, 5.41) is 9.39. The summed E-state index contributed by atoms with van der Waals surface area (Å²) in [5.41, 5.74) is 0. The Bertz CT molecular complexity index is 615. The second kappa shape index (κ2) is 6.46. The van der Waals surface area contributed by atoms with Crippen molar-refractivity contribution >= 4 is 27.3 Å². The Morgan fingerprint density at radius 3 is 2.43 bits per heavy atom. The highest BCUT2D eigenvalue weighted by molar-refractivity contribution is 7.89. The van der Waals surface area contributed by atoms with Gasteiger partial charge >= 0.3 is 5.97 Å². The van der Waals surface area contributed by atoms with E-state index in [1.807, 2.05) is 6.92 Å². The molecule has 0 bridgehead atoms. The summed E-state index contributed by atoms with van der Waals surface area (Å²) in [7, 11) is -3.78. The van der Waals surface area contributed by atoms with Crippen LogP contribution in [-0.4, -0.2) is 25.5 Å². The smallest absolute Gasteiger partial charge is 0.322 e. The van der Waals surface area contributed by atoms with Crippen molar-refractivity contribution in [1.82, 2.24) is 4.72 Å². The van der Waals surface area contributed by atoms with Gasteiger partial charge in [0.25, 0.3) is 0 Å². The second-order valence-corrected chi connectivity index (χ2v) is 8.76. The Kier molecular flexibility index (Phi) is 5.06. The van der Waals surface area contributed by atoms with E-state index in [4.69, 9.17) is 0 Å². The molecule has 1 heterocycles. The lowest BCUT2D eigenvalue weighted by atomic mass is 9.84. The molecule has 2 rings (SSSR count). The van der Waals surface area contributed by atoms with Crippen molar-refractivity contribution in [3.8, 4) is 0 Å². The first-order valence-corrected chi connectivity index (χ1v) is 9.43. The minimum Gasteiger partial charge on any atom is -0.480 e. The molecule has 0 amide bonds. The molecule has 2 N–H and O–H groups in total. The van der Waals surface area contributed by atoms with Crippen LogP contribution in [0.25, 0.3) is 0 Å². The topological polar surface area (TPSA) is 83.5 Å². The lowest BCUT2D eigenvalue weighted by Crippen LogP contribution is -2.46. The number of hydrogen-bond acceptors (Lipinski definition) is 4. The molecule has 0 spiro atoms. The van der Waals surface area contributed by atoms with E-state index in [0.717, 1.165) is 37.0 Å². The first kappa shape index (κ1) is 16.5. The van der Waals surface area contributed by atoms with Crippen LogP contribution in [0.15, 0.2) is 11.0 Å². The van der Waals surface area contributed by atoms with E-state index in [2.05, 4.69) is 4.72 Å². The van der Waals surface area contributed by atoms with Crippen LogP contribution in [0.5, 0.6) is 0 Å². The molecular formula is C14H21NO4S2. The molecule has 0 saturated heterocycles. The van der Waals surface area contributed by atoms with E-state index >= 15 is 0 Å². The van der Waals surface area contributed by atoms with Crippen molar-refractivity contribution in [2.45, 2.75) is 56.9 Å². The Balaban J connectivity index is 2.23. The summed E-state index contributed by atoms with van der Waals surface area (Å²) in [5.74, 6) is -1.21. The summed E-state index contributed by atoms with van der Waals surface area (Å²) in [4.78, 5) is 13.3. The van der Waals surface area contributed by atoms with Crippen LogP contribution in [0.1, 0.15) is 41.9 Å². The number of carboxylic acids is 1. The molecule has 1 atom stereocenters. The van der Waals surface area contributed by atoms with Crippen molar-refractivity contribution < 1.29 is 18.3 Å². The number of rotatable bonds is 5. The number of carbonyl (C=O) groups is 1. The molecule has 1 aromatic rings. The van der Waals surface area contributed by atoms with Gasteiger partial charge in [-0.05, 0) is 38.7 Å². The first-order chi connectivity index (χ1) is 9.81. The van der Waals surface area contributed by atoms with Gasteiger partial charge in [-0.3, -0.25) is 4.79 Å². The van der Waals surface area contributed by atoms with Gasteiger partial charge in [-0.25, -0.2) is 8.42 Å². The number of thiophene rings is 1. The SMILES string of the molecule is Cc1cc(S(=O)(=O)NC(C(=O)O)C2CCCCC2)c(C)s1. The van der Waals surface area contributed by atoms with Crippen molar-refractivity contribution in [2.75, 3.05) is 0 Å². The van der Waals surface area contributed by atoms with E-state index < -0.39 is 22.0 Å². The van der Waals surface area contributed by atoms with E-state index in [1.165, 1.54) is 11.3 Å². The fraction of sp³-hybridized carbons (Fsp3) is 0.643. The third-order valence-electron chi connectivity index (χ3n) is 3.95. The molecule has 1 aliphatic rings. The van der Waals surface area contributed by atoms with Crippen LogP contribution in [0.3, 0.4) is 0 Å². The van der Waals surface area contributed by atoms with Gasteiger partial charge in [0.05, 0.1) is 4.90 Å². The van der Waals surface area contributed by atoms with Crippen LogP contribution in [0.4, 0.5) is 0 Å². The zero-order valence-corrected chi connectivity index (χ0v) is 13.9. The number of sulfonamides is 1. The molecule has 1 aliphatic carbocycles. The van der Waals surface area contributed by atoms with Crippen LogP contribution in [0.2, 0.25) is 0 Å². The highest BCUT2D eigenvalue weighted by atomic mass is 32.2. The van der Waals surface area contributed by atoms with E-state index in [-0.39, 0.29) is 10.8 Å². The largest absolute Gasteiger partial charge is 0.480 e. The maximum absolute atomic E-state index is 12.5. The van der Waals surface area contributed by atoms with E-state index in [0.29, 0.717) is 4.88 Å². The predicted molar refractivity (Wildman–Crippen MR) is 82.1 cm³/mol. The van der Waals surface area contributed by atoms with Gasteiger partial charge < -0.3 is 5.11 Å². The third kappa shape index (κ3) is 3.84. The van der Waals surface area contributed by atoms with Crippen molar-refractivity contribution in [3.05, 3.63) is 15.8 Å². The summed E-state index contributed by atoms with van der Waals surface area (Å²) >= 11 is 1.40. The van der Waals surface area contributed by atoms with Crippen molar-refractivity contribution in [2.24, 2.45) is 5.92 Å². The average Bonchev–Trinajstić information content (AvgIpc) is 2.77. The maximum atomic E-state index is 12.5. The Hall–Kier alpha value is -0.920. The molecule has 1 aromatic heterocycles. The number of hydrogen-bond donors (Lipinski definition) is 2. The van der Waals surface area contributed by atoms with Gasteiger partial charge in [-0.15, -0.1) is 11.3 Å². The van der Waals surface area contributed by atoms with Gasteiger partial charge in [0, 0.05) is 9.75 Å². The zero-order chi connectivity index (χ0) is 15.6. The quantitative estimate of drug-likeness (QED) is 0.869. The lowest BCUT2D eigenvalue weighted by Gasteiger charge is -2.27. The Labute approximate surface area is 129 Å². The molecule has 5 nitrogen and oxygen atoms in total. The molecule has 21 heavy (non-hydrogen) atoms. The minimum atomic E-state index is -3.78. The van der Waals surface area contributed by atoms with Gasteiger partial charge in [0.15, 0.2) is 0 Å². The number of aliphatic carboxylic acids is 1. The molecule has 0 aromatic carbocycles. The first-order valence-electron chi connectivity index (χ1n) is 7.13. The molecular weight excluding hydrogens is 310 g/mol. The lowest BCUT2D eigenvalue weighted by molar-refractivity contribution is -0.140. The third-order valence-corrected chi connectivity index (χ3v) is 6.62. The standard InChI is InChI=1S/C14H21NO4S2/c1-9-8-12(10(2)20-9)21(18,19)15-13(14(16)17)11-6-4-3-5-7-11/h8,11,13,15H,3-7H2,1-2H3,(H,16,17). The van der Waals surface area contributed by atoms with E-state index in [9.17, 15) is 18.3 Å². The van der Waals surface area contributed by atoms with Crippen molar-refractivity contribution in [1.29, 1.82) is 0 Å². The van der Waals surface area contributed by atoms with Gasteiger partial charge in [-0.1, -0.05) is 19.3 Å². The average molecular weight is 331 g/mol. The normalized spacial score (nSPS) is 18.6. The number of carboxylic acid groups (broad SMARTS) is 1. The molecule has 1 saturated carbocycles. The van der Waals surface area contributed by atoms with E-state index in [1.54, 1.807) is 13.0 Å². The summed E-state index contributed by atoms with van der Waals surface area (Å²) in [6.07, 6.45) is 4.56. The molecule has 7 heteroatoms. The fourth-order valence-corrected chi connectivity index (χ4v) is 5.73. The molecule has 1 fully saturated rings. The molecule has 118 valence electrons. The number of aryl methyl sites for hydroxylation is 2. The minimum absolute atomic E-state index is 0.119. The van der Waals surface area contributed by atoms with Gasteiger partial charge in [0.1, 0.15) is 6.04 Å². The molecule has 1 unspecified atom stereocenters. The van der Waals surface area contributed by atoms with Crippen LogP contribution < -0.4 is 4.72 Å². The maximum Gasteiger partial charge on any atom is 0.322 e. The summed E-state index contributed by atoms with van der Waals surface area (Å²) in [6, 6.07) is 0.567. The molecule has 0 aliphatic heterocycles. The fourth-order valence-electron chi connectivity index (χ4n) is 2.92. The van der Waals surface area contributed by atoms with Crippen molar-refractivity contribution in [3.63, 3.8) is 0 Å². The van der Waals surface area contributed by atoms with Crippen LogP contribution in [0, 0.1) is 19.8 Å². The molecule has 0 radical (unpaired) electrons.